The van der Waals surface area contributed by atoms with E-state index in [1.165, 1.54) is 16.9 Å². The van der Waals surface area contributed by atoms with Crippen LogP contribution >= 0.6 is 0 Å². The van der Waals surface area contributed by atoms with Crippen LogP contribution in [-0.4, -0.2) is 59.8 Å². The number of ether oxygens (including phenoxy) is 1. The highest BCUT2D eigenvalue weighted by molar-refractivity contribution is 5.93. The molecule has 0 unspecified atom stereocenters. The quantitative estimate of drug-likeness (QED) is 0.431. The minimum Gasteiger partial charge on any atom is -0.474 e. The van der Waals surface area contributed by atoms with Gasteiger partial charge >= 0.3 is 0 Å². The van der Waals surface area contributed by atoms with Gasteiger partial charge in [-0.15, -0.1) is 4.80 Å². The molecule has 3 atom stereocenters. The third kappa shape index (κ3) is 4.35. The monoisotopic (exact) mass is 502 g/mol. The molecule has 2 N–H and O–H groups in total. The molecule has 1 aromatic carbocycles. The fourth-order valence-corrected chi connectivity index (χ4v) is 4.90. The Balaban J connectivity index is 1.16. The number of rotatable bonds is 6. The standard InChI is InChI=1S/C26H27FN8O2/c1-26(2,28)16-10-20(15-4-6-17(27)7-5-15)31-23(11-16)37-24-18-13-34(14-19(18)24)25(36)21-12-22(32-33(21)3)35-29-8-9-30-35/h4-12,18-19,24H,13-14,28H2,1-3H3/t18-,19+,24-. The summed E-state index contributed by atoms with van der Waals surface area (Å²) in [6.45, 7) is 5.04. The number of halogens is 1. The summed E-state index contributed by atoms with van der Waals surface area (Å²) in [6, 6.07) is 11.7. The van der Waals surface area contributed by atoms with Gasteiger partial charge in [0.2, 0.25) is 5.88 Å². The Labute approximate surface area is 212 Å². The van der Waals surface area contributed by atoms with Gasteiger partial charge in [-0.3, -0.25) is 9.48 Å². The number of hydrogen-bond donors (Lipinski definition) is 1. The number of carbonyl (C=O) groups is 1. The molecule has 1 aliphatic carbocycles. The number of likely N-dealkylation sites (tertiary alicyclic amines) is 1. The van der Waals surface area contributed by atoms with E-state index in [0.29, 0.717) is 36.2 Å². The average Bonchev–Trinajstić information content (AvgIpc) is 3.36. The van der Waals surface area contributed by atoms with Crippen molar-refractivity contribution in [2.24, 2.45) is 24.6 Å². The molecule has 2 fully saturated rings. The maximum absolute atomic E-state index is 13.4. The second kappa shape index (κ2) is 8.48. The van der Waals surface area contributed by atoms with Gasteiger partial charge < -0.3 is 15.4 Å². The minimum absolute atomic E-state index is 0.0240. The maximum Gasteiger partial charge on any atom is 0.272 e. The lowest BCUT2D eigenvalue weighted by Gasteiger charge is -2.22. The van der Waals surface area contributed by atoms with Crippen molar-refractivity contribution in [1.29, 1.82) is 0 Å². The van der Waals surface area contributed by atoms with E-state index in [2.05, 4.69) is 20.3 Å². The van der Waals surface area contributed by atoms with E-state index in [9.17, 15) is 9.18 Å². The second-order valence-electron chi connectivity index (χ2n) is 10.3. The van der Waals surface area contributed by atoms with Crippen molar-refractivity contribution in [1.82, 2.24) is 34.7 Å². The Morgan fingerprint density at radius 3 is 2.41 bits per heavy atom. The molecule has 37 heavy (non-hydrogen) atoms. The summed E-state index contributed by atoms with van der Waals surface area (Å²) in [4.78, 5) is 21.1. The molecule has 1 amide bonds. The minimum atomic E-state index is -0.605. The zero-order valence-corrected chi connectivity index (χ0v) is 20.7. The number of carbonyl (C=O) groups excluding carboxylic acids is 1. The van der Waals surface area contributed by atoms with Crippen LogP contribution in [0.3, 0.4) is 0 Å². The molecule has 6 rings (SSSR count). The smallest absolute Gasteiger partial charge is 0.272 e. The van der Waals surface area contributed by atoms with E-state index in [1.54, 1.807) is 42.3 Å². The van der Waals surface area contributed by atoms with Crippen LogP contribution in [0.2, 0.25) is 0 Å². The van der Waals surface area contributed by atoms with Crippen LogP contribution in [0.4, 0.5) is 4.39 Å². The summed E-state index contributed by atoms with van der Waals surface area (Å²) in [5.41, 5.74) is 8.59. The van der Waals surface area contributed by atoms with Crippen molar-refractivity contribution in [2.45, 2.75) is 25.5 Å². The van der Waals surface area contributed by atoms with Crippen molar-refractivity contribution in [3.63, 3.8) is 0 Å². The molecule has 11 heteroatoms. The lowest BCUT2D eigenvalue weighted by Crippen LogP contribution is -2.34. The van der Waals surface area contributed by atoms with Crippen molar-refractivity contribution >= 4 is 5.91 Å². The Morgan fingerprint density at radius 1 is 1.08 bits per heavy atom. The highest BCUT2D eigenvalue weighted by Crippen LogP contribution is 2.48. The second-order valence-corrected chi connectivity index (χ2v) is 10.3. The topological polar surface area (TPSA) is 117 Å². The van der Waals surface area contributed by atoms with Crippen molar-refractivity contribution < 1.29 is 13.9 Å². The number of fused-ring (bicyclic) bond motifs is 1. The first-order chi connectivity index (χ1) is 17.7. The zero-order valence-electron chi connectivity index (χ0n) is 20.7. The molecule has 1 saturated carbocycles. The highest BCUT2D eigenvalue weighted by Gasteiger charge is 2.59. The van der Waals surface area contributed by atoms with E-state index in [1.807, 2.05) is 30.9 Å². The SMILES string of the molecule is Cn1nc(-n2nccn2)cc1C(=O)N1C[C@@H]2[C@H](C1)[C@@H]2Oc1cc(C(C)(C)N)cc(-c2ccc(F)cc2)n1. The zero-order chi connectivity index (χ0) is 25.9. The Hall–Kier alpha value is -4.12. The third-order valence-electron chi connectivity index (χ3n) is 7.06. The summed E-state index contributed by atoms with van der Waals surface area (Å²) >= 11 is 0. The van der Waals surface area contributed by atoms with E-state index in [0.717, 1.165) is 11.1 Å². The van der Waals surface area contributed by atoms with E-state index < -0.39 is 5.54 Å². The first-order valence-corrected chi connectivity index (χ1v) is 12.1. The van der Waals surface area contributed by atoms with Crippen molar-refractivity contribution in [3.8, 4) is 23.0 Å². The molecule has 10 nitrogen and oxygen atoms in total. The van der Waals surface area contributed by atoms with Gasteiger partial charge in [0.1, 0.15) is 17.6 Å². The van der Waals surface area contributed by atoms with Gasteiger partial charge in [-0.1, -0.05) is 0 Å². The van der Waals surface area contributed by atoms with E-state index in [4.69, 9.17) is 10.5 Å². The third-order valence-corrected chi connectivity index (χ3v) is 7.06. The summed E-state index contributed by atoms with van der Waals surface area (Å²) in [5.74, 6) is 1.05. The molecule has 3 aromatic heterocycles. The molecule has 4 heterocycles. The average molecular weight is 503 g/mol. The van der Waals surface area contributed by atoms with Crippen LogP contribution in [0.25, 0.3) is 17.1 Å². The number of aromatic nitrogens is 6. The largest absolute Gasteiger partial charge is 0.474 e. The van der Waals surface area contributed by atoms with Crippen LogP contribution < -0.4 is 10.5 Å². The molecular formula is C26H27FN8O2. The molecule has 0 spiro atoms. The summed E-state index contributed by atoms with van der Waals surface area (Å²) in [5, 5.41) is 12.5. The van der Waals surface area contributed by atoms with Gasteiger partial charge in [0.15, 0.2) is 5.82 Å². The molecule has 1 saturated heterocycles. The number of benzene rings is 1. The van der Waals surface area contributed by atoms with Crippen LogP contribution in [0.5, 0.6) is 5.88 Å². The van der Waals surface area contributed by atoms with E-state index in [-0.39, 0.29) is 29.7 Å². The fraction of sp³-hybridized carbons (Fsp3) is 0.346. The fourth-order valence-electron chi connectivity index (χ4n) is 4.90. The molecule has 4 aromatic rings. The van der Waals surface area contributed by atoms with E-state index >= 15 is 0 Å². The van der Waals surface area contributed by atoms with Crippen LogP contribution in [0.15, 0.2) is 54.9 Å². The molecular weight excluding hydrogens is 475 g/mol. The molecule has 0 radical (unpaired) electrons. The summed E-state index contributed by atoms with van der Waals surface area (Å²) < 4.78 is 21.3. The Morgan fingerprint density at radius 2 is 1.76 bits per heavy atom. The number of nitrogens with zero attached hydrogens (tertiary/aromatic N) is 7. The Bertz CT molecular complexity index is 1450. The molecule has 190 valence electrons. The van der Waals surface area contributed by atoms with Gasteiger partial charge in [0.25, 0.3) is 5.91 Å². The molecule has 0 bridgehead atoms. The van der Waals surface area contributed by atoms with Gasteiger partial charge in [-0.25, -0.2) is 9.37 Å². The first-order valence-electron chi connectivity index (χ1n) is 12.1. The predicted molar refractivity (Wildman–Crippen MR) is 132 cm³/mol. The lowest BCUT2D eigenvalue weighted by molar-refractivity contribution is 0.0740. The van der Waals surface area contributed by atoms with Crippen LogP contribution in [0.1, 0.15) is 29.9 Å². The molecule has 1 aliphatic heterocycles. The highest BCUT2D eigenvalue weighted by atomic mass is 19.1. The molecule has 2 aliphatic rings. The van der Waals surface area contributed by atoms with Gasteiger partial charge in [0, 0.05) is 55.2 Å². The van der Waals surface area contributed by atoms with Gasteiger partial charge in [-0.2, -0.15) is 15.3 Å². The lowest BCUT2D eigenvalue weighted by atomic mass is 9.95. The number of pyridine rings is 1. The predicted octanol–water partition coefficient (Wildman–Crippen LogP) is 2.55. The van der Waals surface area contributed by atoms with Gasteiger partial charge in [-0.05, 0) is 49.7 Å². The van der Waals surface area contributed by atoms with Crippen molar-refractivity contribution in [2.75, 3.05) is 13.1 Å². The number of nitrogens with two attached hydrogens (primary N) is 1. The normalized spacial score (nSPS) is 20.7. The van der Waals surface area contributed by atoms with Crippen LogP contribution in [-0.2, 0) is 12.6 Å². The van der Waals surface area contributed by atoms with Crippen LogP contribution in [0, 0.1) is 17.7 Å². The Kier molecular flexibility index (Phi) is 5.34. The number of aryl methyl sites for hydroxylation is 1. The number of amides is 1. The number of piperidine rings is 1. The number of hydrogen-bond acceptors (Lipinski definition) is 7. The first kappa shape index (κ1) is 23.3. The summed E-state index contributed by atoms with van der Waals surface area (Å²) in [6.07, 6.45) is 3.10. The van der Waals surface area contributed by atoms with Gasteiger partial charge in [0.05, 0.1) is 18.1 Å². The summed E-state index contributed by atoms with van der Waals surface area (Å²) in [7, 11) is 1.74. The maximum atomic E-state index is 13.4. The van der Waals surface area contributed by atoms with Crippen molar-refractivity contribution in [3.05, 3.63) is 71.9 Å².